The highest BCUT2D eigenvalue weighted by molar-refractivity contribution is 5.78. The van der Waals surface area contributed by atoms with Crippen molar-refractivity contribution in [2.75, 3.05) is 32.8 Å². The highest BCUT2D eigenvalue weighted by Gasteiger charge is 2.34. The maximum Gasteiger partial charge on any atom is 0.323 e. The van der Waals surface area contributed by atoms with Crippen LogP contribution >= 0.6 is 0 Å². The van der Waals surface area contributed by atoms with Crippen molar-refractivity contribution in [2.24, 2.45) is 0 Å². The molecule has 0 aromatic carbocycles. The Labute approximate surface area is 122 Å². The number of carboxylic acid groups (broad SMARTS) is 1. The fourth-order valence-corrected chi connectivity index (χ4v) is 2.60. The molecule has 0 aromatic heterocycles. The van der Waals surface area contributed by atoms with Crippen molar-refractivity contribution < 1.29 is 14.6 Å². The molecule has 0 aliphatic carbocycles. The van der Waals surface area contributed by atoms with E-state index >= 15 is 0 Å². The van der Waals surface area contributed by atoms with Gasteiger partial charge in [-0.1, -0.05) is 6.92 Å². The van der Waals surface area contributed by atoms with E-state index in [1.54, 1.807) is 6.92 Å². The molecule has 5 heteroatoms. The molecule has 0 radical (unpaired) electrons. The summed E-state index contributed by atoms with van der Waals surface area (Å²) in [6.07, 6.45) is 2.47. The van der Waals surface area contributed by atoms with Crippen LogP contribution in [0.5, 0.6) is 0 Å². The lowest BCUT2D eigenvalue weighted by atomic mass is 9.94. The third-order valence-corrected chi connectivity index (χ3v) is 4.16. The molecule has 2 N–H and O–H groups in total. The van der Waals surface area contributed by atoms with E-state index in [-0.39, 0.29) is 5.54 Å². The second kappa shape index (κ2) is 7.38. The van der Waals surface area contributed by atoms with Gasteiger partial charge in [0.15, 0.2) is 0 Å². The minimum absolute atomic E-state index is 0.0503. The van der Waals surface area contributed by atoms with Crippen molar-refractivity contribution in [3.63, 3.8) is 0 Å². The first-order valence-corrected chi connectivity index (χ1v) is 7.63. The molecule has 1 saturated heterocycles. The van der Waals surface area contributed by atoms with Crippen molar-refractivity contribution in [3.05, 3.63) is 0 Å². The molecule has 0 saturated carbocycles. The summed E-state index contributed by atoms with van der Waals surface area (Å²) in [5, 5.41) is 12.6. The summed E-state index contributed by atoms with van der Waals surface area (Å²) in [5.74, 6) is -0.757. The number of hydrogen-bond acceptors (Lipinski definition) is 4. The molecule has 1 rings (SSSR count). The van der Waals surface area contributed by atoms with Crippen molar-refractivity contribution in [2.45, 2.75) is 58.0 Å². The van der Waals surface area contributed by atoms with Crippen LogP contribution in [0.3, 0.4) is 0 Å². The van der Waals surface area contributed by atoms with Gasteiger partial charge in [0.1, 0.15) is 5.54 Å². The summed E-state index contributed by atoms with van der Waals surface area (Å²) in [5.41, 5.74) is -0.763. The van der Waals surface area contributed by atoms with E-state index in [1.807, 2.05) is 6.92 Å². The van der Waals surface area contributed by atoms with Gasteiger partial charge in [-0.3, -0.25) is 9.69 Å². The SMILES string of the molecule is CCCNC(C)(CCCN1CCOCC1(C)C)C(=O)O. The Balaban J connectivity index is 2.45. The first-order chi connectivity index (χ1) is 9.32. The van der Waals surface area contributed by atoms with Gasteiger partial charge in [-0.25, -0.2) is 0 Å². The van der Waals surface area contributed by atoms with E-state index in [0.29, 0.717) is 6.42 Å². The van der Waals surface area contributed by atoms with Crippen LogP contribution in [0.25, 0.3) is 0 Å². The second-order valence-corrected chi connectivity index (χ2v) is 6.52. The normalized spacial score (nSPS) is 22.4. The number of carboxylic acids is 1. The first-order valence-electron chi connectivity index (χ1n) is 7.63. The zero-order valence-electron chi connectivity index (χ0n) is 13.4. The maximum absolute atomic E-state index is 11.4. The Hall–Kier alpha value is -0.650. The summed E-state index contributed by atoms with van der Waals surface area (Å²) in [6, 6.07) is 0. The summed E-state index contributed by atoms with van der Waals surface area (Å²) in [6.45, 7) is 12.3. The highest BCUT2D eigenvalue weighted by atomic mass is 16.5. The number of ether oxygens (including phenoxy) is 1. The minimum Gasteiger partial charge on any atom is -0.480 e. The van der Waals surface area contributed by atoms with Gasteiger partial charge in [0.2, 0.25) is 0 Å². The predicted molar refractivity (Wildman–Crippen MR) is 80.0 cm³/mol. The topological polar surface area (TPSA) is 61.8 Å². The Bertz CT molecular complexity index is 320. The van der Waals surface area contributed by atoms with Crippen molar-refractivity contribution >= 4 is 5.97 Å². The highest BCUT2D eigenvalue weighted by Crippen LogP contribution is 2.21. The molecule has 1 unspecified atom stereocenters. The van der Waals surface area contributed by atoms with Crippen LogP contribution < -0.4 is 5.32 Å². The fraction of sp³-hybridized carbons (Fsp3) is 0.933. The molecule has 1 atom stereocenters. The zero-order chi connectivity index (χ0) is 15.2. The molecular weight excluding hydrogens is 256 g/mol. The third-order valence-electron chi connectivity index (χ3n) is 4.16. The van der Waals surface area contributed by atoms with E-state index in [0.717, 1.165) is 45.7 Å². The van der Waals surface area contributed by atoms with Crippen molar-refractivity contribution in [1.29, 1.82) is 0 Å². The number of morpholine rings is 1. The summed E-state index contributed by atoms with van der Waals surface area (Å²) in [7, 11) is 0. The van der Waals surface area contributed by atoms with E-state index in [9.17, 15) is 9.90 Å². The summed E-state index contributed by atoms with van der Waals surface area (Å²) >= 11 is 0. The standard InChI is InChI=1S/C15H30N2O3/c1-5-8-16-15(4,13(18)19)7-6-9-17-10-11-20-12-14(17,2)3/h16H,5-12H2,1-4H3,(H,18,19). The Morgan fingerprint density at radius 1 is 1.50 bits per heavy atom. The van der Waals surface area contributed by atoms with Crippen molar-refractivity contribution in [3.8, 4) is 0 Å². The van der Waals surface area contributed by atoms with Crippen LogP contribution in [-0.2, 0) is 9.53 Å². The Morgan fingerprint density at radius 3 is 2.75 bits per heavy atom. The van der Waals surface area contributed by atoms with Crippen LogP contribution in [0.15, 0.2) is 0 Å². The number of rotatable bonds is 8. The van der Waals surface area contributed by atoms with Crippen LogP contribution in [0, 0.1) is 0 Å². The molecule has 1 aliphatic rings. The lowest BCUT2D eigenvalue weighted by molar-refractivity contribution is -0.144. The van der Waals surface area contributed by atoms with Crippen LogP contribution in [-0.4, -0.2) is 59.9 Å². The van der Waals surface area contributed by atoms with Gasteiger partial charge in [0, 0.05) is 12.1 Å². The number of carbonyl (C=O) groups is 1. The average molecular weight is 286 g/mol. The molecule has 1 heterocycles. The smallest absolute Gasteiger partial charge is 0.323 e. The second-order valence-electron chi connectivity index (χ2n) is 6.52. The molecule has 0 amide bonds. The monoisotopic (exact) mass is 286 g/mol. The van der Waals surface area contributed by atoms with Gasteiger partial charge in [0.25, 0.3) is 0 Å². The molecule has 0 bridgehead atoms. The van der Waals surface area contributed by atoms with Crippen LogP contribution in [0.1, 0.15) is 47.0 Å². The largest absolute Gasteiger partial charge is 0.480 e. The van der Waals surface area contributed by atoms with E-state index < -0.39 is 11.5 Å². The fourth-order valence-electron chi connectivity index (χ4n) is 2.60. The lowest BCUT2D eigenvalue weighted by Gasteiger charge is -2.42. The number of nitrogens with zero attached hydrogens (tertiary/aromatic N) is 1. The van der Waals surface area contributed by atoms with Crippen molar-refractivity contribution in [1.82, 2.24) is 10.2 Å². The molecule has 118 valence electrons. The van der Waals surface area contributed by atoms with E-state index in [1.165, 1.54) is 0 Å². The lowest BCUT2D eigenvalue weighted by Crippen LogP contribution is -2.54. The summed E-state index contributed by atoms with van der Waals surface area (Å²) < 4.78 is 5.51. The van der Waals surface area contributed by atoms with E-state index in [2.05, 4.69) is 24.1 Å². The Kier molecular flexibility index (Phi) is 6.43. The van der Waals surface area contributed by atoms with Gasteiger partial charge >= 0.3 is 5.97 Å². The van der Waals surface area contributed by atoms with Gasteiger partial charge in [-0.2, -0.15) is 0 Å². The van der Waals surface area contributed by atoms with E-state index in [4.69, 9.17) is 4.74 Å². The van der Waals surface area contributed by atoms with Gasteiger partial charge < -0.3 is 15.2 Å². The average Bonchev–Trinajstić information content (AvgIpc) is 2.38. The quantitative estimate of drug-likeness (QED) is 0.711. The van der Waals surface area contributed by atoms with Crippen LogP contribution in [0.2, 0.25) is 0 Å². The Morgan fingerprint density at radius 2 is 2.20 bits per heavy atom. The van der Waals surface area contributed by atoms with Gasteiger partial charge in [-0.15, -0.1) is 0 Å². The number of nitrogens with one attached hydrogen (secondary N) is 1. The minimum atomic E-state index is -0.813. The first kappa shape index (κ1) is 17.4. The van der Waals surface area contributed by atoms with Gasteiger partial charge in [-0.05, 0) is 53.1 Å². The van der Waals surface area contributed by atoms with Gasteiger partial charge in [0.05, 0.1) is 13.2 Å². The summed E-state index contributed by atoms with van der Waals surface area (Å²) in [4.78, 5) is 13.8. The third kappa shape index (κ3) is 4.72. The molecule has 1 aliphatic heterocycles. The molecule has 20 heavy (non-hydrogen) atoms. The molecular formula is C15H30N2O3. The maximum atomic E-state index is 11.4. The zero-order valence-corrected chi connectivity index (χ0v) is 13.4. The molecule has 0 aromatic rings. The van der Waals surface area contributed by atoms with Crippen LogP contribution in [0.4, 0.5) is 0 Å². The molecule has 5 nitrogen and oxygen atoms in total. The molecule has 1 fully saturated rings. The predicted octanol–water partition coefficient (Wildman–Crippen LogP) is 1.72. The number of hydrogen-bond donors (Lipinski definition) is 2. The number of aliphatic carboxylic acids is 1. The molecule has 0 spiro atoms.